The van der Waals surface area contributed by atoms with Crippen LogP contribution >= 0.6 is 0 Å². The highest BCUT2D eigenvalue weighted by molar-refractivity contribution is 5.91. The summed E-state index contributed by atoms with van der Waals surface area (Å²) in [5.41, 5.74) is 3.39. The van der Waals surface area contributed by atoms with Gasteiger partial charge >= 0.3 is 0 Å². The predicted molar refractivity (Wildman–Crippen MR) is 112 cm³/mol. The molecule has 27 heavy (non-hydrogen) atoms. The minimum absolute atomic E-state index is 0.0958. The maximum Gasteiger partial charge on any atom is 0.244 e. The normalized spacial score (nSPS) is 11.1. The first kappa shape index (κ1) is 20.7. The van der Waals surface area contributed by atoms with E-state index in [9.17, 15) is 4.79 Å². The molecule has 0 unspecified atom stereocenters. The fourth-order valence-electron chi connectivity index (χ4n) is 2.83. The summed E-state index contributed by atoms with van der Waals surface area (Å²) < 4.78 is 5.42. The van der Waals surface area contributed by atoms with Gasteiger partial charge in [0, 0.05) is 19.2 Å². The molecule has 1 N–H and O–H groups in total. The molecule has 0 heterocycles. The van der Waals surface area contributed by atoms with Crippen molar-refractivity contribution in [1.82, 2.24) is 10.2 Å². The Hall–Kier alpha value is -2.59. The fraction of sp³-hybridized carbons (Fsp3) is 0.348. The third-order valence-electron chi connectivity index (χ3n) is 4.48. The van der Waals surface area contributed by atoms with Crippen molar-refractivity contribution in [2.24, 2.45) is 0 Å². The molecule has 144 valence electrons. The summed E-state index contributed by atoms with van der Waals surface area (Å²) in [6.07, 6.45) is 3.38. The first-order valence-electron chi connectivity index (χ1n) is 9.64. The monoisotopic (exact) mass is 366 g/mol. The van der Waals surface area contributed by atoms with Crippen LogP contribution in [-0.2, 0) is 17.9 Å². The molecule has 0 fully saturated rings. The minimum Gasteiger partial charge on any atom is -0.494 e. The topological polar surface area (TPSA) is 41.6 Å². The summed E-state index contributed by atoms with van der Waals surface area (Å²) in [5, 5.41) is 2.98. The van der Waals surface area contributed by atoms with Crippen LogP contribution < -0.4 is 10.1 Å². The predicted octanol–water partition coefficient (Wildman–Crippen LogP) is 4.26. The Kier molecular flexibility index (Phi) is 8.59. The molecule has 1 amide bonds. The second-order valence-corrected chi connectivity index (χ2v) is 6.28. The van der Waals surface area contributed by atoms with E-state index < -0.39 is 0 Å². The molecular weight excluding hydrogens is 336 g/mol. The van der Waals surface area contributed by atoms with Gasteiger partial charge in [-0.2, -0.15) is 0 Å². The van der Waals surface area contributed by atoms with Gasteiger partial charge in [-0.3, -0.25) is 9.69 Å². The maximum absolute atomic E-state index is 12.2. The van der Waals surface area contributed by atoms with Crippen molar-refractivity contribution in [1.29, 1.82) is 0 Å². The number of nitrogens with zero attached hydrogens (tertiary/aromatic N) is 1. The van der Waals surface area contributed by atoms with Crippen LogP contribution in [0, 0.1) is 0 Å². The SMILES string of the molecule is CCOc1ccc(/C=C/C(=O)NCc2ccccc2CN(CC)CC)cc1. The average molecular weight is 367 g/mol. The van der Waals surface area contributed by atoms with Crippen molar-refractivity contribution < 1.29 is 9.53 Å². The lowest BCUT2D eigenvalue weighted by Crippen LogP contribution is -2.25. The van der Waals surface area contributed by atoms with Crippen molar-refractivity contribution in [3.05, 3.63) is 71.3 Å². The summed E-state index contributed by atoms with van der Waals surface area (Å²) in [4.78, 5) is 14.5. The number of amides is 1. The Morgan fingerprint density at radius 1 is 1.00 bits per heavy atom. The molecule has 0 saturated carbocycles. The standard InChI is InChI=1S/C23H30N2O2/c1-4-25(5-2)18-21-10-8-7-9-20(21)17-24-23(26)16-13-19-11-14-22(15-12-19)27-6-3/h7-16H,4-6,17-18H2,1-3H3,(H,24,26)/b16-13+. The van der Waals surface area contributed by atoms with Gasteiger partial charge in [0.1, 0.15) is 5.75 Å². The third-order valence-corrected chi connectivity index (χ3v) is 4.48. The van der Waals surface area contributed by atoms with Crippen LogP contribution in [0.25, 0.3) is 6.08 Å². The molecule has 0 spiro atoms. The number of benzene rings is 2. The Balaban J connectivity index is 1.91. The number of carbonyl (C=O) groups is 1. The van der Waals surface area contributed by atoms with Gasteiger partial charge in [-0.05, 0) is 54.9 Å². The van der Waals surface area contributed by atoms with Crippen LogP contribution in [0.3, 0.4) is 0 Å². The van der Waals surface area contributed by atoms with Crippen LogP contribution in [-0.4, -0.2) is 30.5 Å². The lowest BCUT2D eigenvalue weighted by Gasteiger charge is -2.20. The molecule has 0 aliphatic rings. The van der Waals surface area contributed by atoms with Gasteiger partial charge < -0.3 is 10.1 Å². The van der Waals surface area contributed by atoms with E-state index in [2.05, 4.69) is 42.3 Å². The second-order valence-electron chi connectivity index (χ2n) is 6.28. The summed E-state index contributed by atoms with van der Waals surface area (Å²) in [7, 11) is 0. The fourth-order valence-corrected chi connectivity index (χ4v) is 2.83. The first-order valence-corrected chi connectivity index (χ1v) is 9.64. The van der Waals surface area contributed by atoms with Gasteiger partial charge in [-0.1, -0.05) is 50.2 Å². The molecule has 0 bridgehead atoms. The highest BCUT2D eigenvalue weighted by atomic mass is 16.5. The number of nitrogens with one attached hydrogen (secondary N) is 1. The quantitative estimate of drug-likeness (QED) is 0.639. The lowest BCUT2D eigenvalue weighted by atomic mass is 10.1. The Morgan fingerprint density at radius 2 is 1.67 bits per heavy atom. The average Bonchev–Trinajstić information content (AvgIpc) is 2.71. The maximum atomic E-state index is 12.2. The molecule has 0 aliphatic carbocycles. The zero-order chi connectivity index (χ0) is 19.5. The number of carbonyl (C=O) groups excluding carboxylic acids is 1. The summed E-state index contributed by atoms with van der Waals surface area (Å²) >= 11 is 0. The van der Waals surface area contributed by atoms with E-state index in [0.29, 0.717) is 13.2 Å². The summed E-state index contributed by atoms with van der Waals surface area (Å²) in [6, 6.07) is 16.0. The van der Waals surface area contributed by atoms with E-state index in [1.54, 1.807) is 6.08 Å². The highest BCUT2D eigenvalue weighted by Gasteiger charge is 2.06. The molecule has 0 saturated heterocycles. The van der Waals surface area contributed by atoms with Crippen molar-refractivity contribution in [3.63, 3.8) is 0 Å². The smallest absolute Gasteiger partial charge is 0.244 e. The number of ether oxygens (including phenoxy) is 1. The Morgan fingerprint density at radius 3 is 2.30 bits per heavy atom. The van der Waals surface area contributed by atoms with Crippen molar-refractivity contribution in [2.75, 3.05) is 19.7 Å². The number of rotatable bonds is 10. The zero-order valence-corrected chi connectivity index (χ0v) is 16.6. The molecule has 0 atom stereocenters. The molecule has 4 heteroatoms. The number of hydrogen-bond donors (Lipinski definition) is 1. The molecule has 0 aromatic heterocycles. The van der Waals surface area contributed by atoms with Crippen molar-refractivity contribution in [3.8, 4) is 5.75 Å². The molecule has 0 aliphatic heterocycles. The molecular formula is C23H30N2O2. The van der Waals surface area contributed by atoms with Gasteiger partial charge in [0.15, 0.2) is 0 Å². The molecule has 2 rings (SSSR count). The minimum atomic E-state index is -0.0958. The summed E-state index contributed by atoms with van der Waals surface area (Å²) in [6.45, 7) is 10.4. The Bertz CT molecular complexity index is 734. The van der Waals surface area contributed by atoms with E-state index in [4.69, 9.17) is 4.74 Å². The summed E-state index contributed by atoms with van der Waals surface area (Å²) in [5.74, 6) is 0.741. The first-order chi connectivity index (χ1) is 13.2. The van der Waals surface area contributed by atoms with E-state index in [-0.39, 0.29) is 5.91 Å². The van der Waals surface area contributed by atoms with Crippen LogP contribution in [0.2, 0.25) is 0 Å². The number of hydrogen-bond acceptors (Lipinski definition) is 3. The van der Waals surface area contributed by atoms with Crippen LogP contribution in [0.5, 0.6) is 5.75 Å². The van der Waals surface area contributed by atoms with Gasteiger partial charge in [-0.15, -0.1) is 0 Å². The Labute approximate surface area is 162 Å². The van der Waals surface area contributed by atoms with E-state index in [1.165, 1.54) is 5.56 Å². The lowest BCUT2D eigenvalue weighted by molar-refractivity contribution is -0.116. The van der Waals surface area contributed by atoms with E-state index >= 15 is 0 Å². The molecule has 4 nitrogen and oxygen atoms in total. The molecule has 2 aromatic carbocycles. The highest BCUT2D eigenvalue weighted by Crippen LogP contribution is 2.13. The zero-order valence-electron chi connectivity index (χ0n) is 16.6. The largest absolute Gasteiger partial charge is 0.494 e. The second kappa shape index (κ2) is 11.2. The van der Waals surface area contributed by atoms with Crippen LogP contribution in [0.15, 0.2) is 54.6 Å². The molecule has 2 aromatic rings. The third kappa shape index (κ3) is 6.91. The van der Waals surface area contributed by atoms with Crippen LogP contribution in [0.1, 0.15) is 37.5 Å². The van der Waals surface area contributed by atoms with Crippen molar-refractivity contribution in [2.45, 2.75) is 33.9 Å². The van der Waals surface area contributed by atoms with Gasteiger partial charge in [0.2, 0.25) is 5.91 Å². The van der Waals surface area contributed by atoms with Crippen LogP contribution in [0.4, 0.5) is 0 Å². The van der Waals surface area contributed by atoms with Crippen molar-refractivity contribution >= 4 is 12.0 Å². The van der Waals surface area contributed by atoms with E-state index in [1.807, 2.05) is 43.3 Å². The van der Waals surface area contributed by atoms with Gasteiger partial charge in [0.25, 0.3) is 0 Å². The van der Waals surface area contributed by atoms with Gasteiger partial charge in [0.05, 0.1) is 6.61 Å². The molecule has 0 radical (unpaired) electrons. The van der Waals surface area contributed by atoms with Gasteiger partial charge in [-0.25, -0.2) is 0 Å². The van der Waals surface area contributed by atoms with E-state index in [0.717, 1.165) is 36.5 Å².